The van der Waals surface area contributed by atoms with E-state index >= 15 is 0 Å². The van der Waals surface area contributed by atoms with Gasteiger partial charge < -0.3 is 10.6 Å². The van der Waals surface area contributed by atoms with Crippen molar-refractivity contribution in [2.75, 3.05) is 13.1 Å². The Morgan fingerprint density at radius 2 is 2.29 bits per heavy atom. The molecular weight excluding hydrogens is 214 g/mol. The summed E-state index contributed by atoms with van der Waals surface area (Å²) in [4.78, 5) is 16.1. The highest BCUT2D eigenvalue weighted by molar-refractivity contribution is 5.79. The molecule has 1 aromatic rings. The van der Waals surface area contributed by atoms with Crippen molar-refractivity contribution in [3.8, 4) is 0 Å². The van der Waals surface area contributed by atoms with Crippen molar-refractivity contribution in [1.29, 1.82) is 0 Å². The molecule has 0 bridgehead atoms. The number of carbonyl (C=O) groups excluding carboxylic acids is 1. The topological polar surface area (TPSA) is 54.0 Å². The van der Waals surface area contributed by atoms with Gasteiger partial charge in [0.15, 0.2) is 0 Å². The van der Waals surface area contributed by atoms with Crippen molar-refractivity contribution in [3.63, 3.8) is 0 Å². The van der Waals surface area contributed by atoms with Crippen molar-refractivity contribution >= 4 is 5.91 Å². The number of nitrogens with zero attached hydrogens (tertiary/aromatic N) is 1. The normalized spacial score (nSPS) is 19.2. The van der Waals surface area contributed by atoms with Crippen LogP contribution < -0.4 is 10.6 Å². The van der Waals surface area contributed by atoms with Crippen LogP contribution >= 0.6 is 0 Å². The molecule has 1 aromatic heterocycles. The van der Waals surface area contributed by atoms with Crippen LogP contribution in [-0.2, 0) is 4.79 Å². The summed E-state index contributed by atoms with van der Waals surface area (Å²) < 4.78 is 0. The third-order valence-electron chi connectivity index (χ3n) is 3.48. The fourth-order valence-electron chi connectivity index (χ4n) is 1.94. The van der Waals surface area contributed by atoms with Crippen molar-refractivity contribution < 1.29 is 4.79 Å². The van der Waals surface area contributed by atoms with Crippen molar-refractivity contribution in [2.24, 2.45) is 11.8 Å². The zero-order valence-corrected chi connectivity index (χ0v) is 10.3. The molecule has 92 valence electrons. The quantitative estimate of drug-likeness (QED) is 0.819. The third-order valence-corrected chi connectivity index (χ3v) is 3.48. The molecule has 2 heterocycles. The lowest BCUT2D eigenvalue weighted by molar-refractivity contribution is -0.127. The maximum absolute atomic E-state index is 12.0. The highest BCUT2D eigenvalue weighted by atomic mass is 16.1. The van der Waals surface area contributed by atoms with Crippen LogP contribution in [0.5, 0.6) is 0 Å². The maximum atomic E-state index is 12.0. The molecule has 0 aliphatic carbocycles. The van der Waals surface area contributed by atoms with Gasteiger partial charge in [-0.2, -0.15) is 0 Å². The molecule has 0 saturated carbocycles. The van der Waals surface area contributed by atoms with Gasteiger partial charge in [-0.1, -0.05) is 13.0 Å². The number of hydrogen-bond acceptors (Lipinski definition) is 3. The van der Waals surface area contributed by atoms with Gasteiger partial charge in [0.05, 0.1) is 6.04 Å². The van der Waals surface area contributed by atoms with E-state index in [1.54, 1.807) is 12.4 Å². The average molecular weight is 233 g/mol. The van der Waals surface area contributed by atoms with Crippen LogP contribution in [0.3, 0.4) is 0 Å². The van der Waals surface area contributed by atoms with E-state index in [0.29, 0.717) is 5.92 Å². The molecule has 1 amide bonds. The molecule has 1 fully saturated rings. The van der Waals surface area contributed by atoms with Crippen LogP contribution in [0.15, 0.2) is 24.5 Å². The van der Waals surface area contributed by atoms with Crippen LogP contribution in [0.4, 0.5) is 0 Å². The maximum Gasteiger partial charge on any atom is 0.223 e. The summed E-state index contributed by atoms with van der Waals surface area (Å²) in [5, 5.41) is 6.23. The molecule has 1 aliphatic heterocycles. The minimum atomic E-state index is 0.0201. The standard InChI is InChI=1S/C13H19N3O/c1-9(12-7-15-8-12)13(17)16-10(2)11-4-3-5-14-6-11/h3-6,9-10,12,15H,7-8H2,1-2H3,(H,16,17)/t9?,10-/m0/s1. The number of nitrogens with one attached hydrogen (secondary N) is 2. The number of rotatable bonds is 4. The number of aromatic nitrogens is 1. The lowest BCUT2D eigenvalue weighted by Gasteiger charge is -2.32. The fourth-order valence-corrected chi connectivity index (χ4v) is 1.94. The summed E-state index contributed by atoms with van der Waals surface area (Å²) in [5.41, 5.74) is 1.04. The van der Waals surface area contributed by atoms with E-state index in [4.69, 9.17) is 0 Å². The van der Waals surface area contributed by atoms with Gasteiger partial charge >= 0.3 is 0 Å². The highest BCUT2D eigenvalue weighted by Crippen LogP contribution is 2.18. The Balaban J connectivity index is 1.89. The van der Waals surface area contributed by atoms with E-state index in [1.807, 2.05) is 26.0 Å². The number of pyridine rings is 1. The molecule has 2 N–H and O–H groups in total. The fraction of sp³-hybridized carbons (Fsp3) is 0.538. The number of amides is 1. The minimum Gasteiger partial charge on any atom is -0.349 e. The Kier molecular flexibility index (Phi) is 3.74. The smallest absolute Gasteiger partial charge is 0.223 e. The predicted molar refractivity (Wildman–Crippen MR) is 66.3 cm³/mol. The summed E-state index contributed by atoms with van der Waals surface area (Å²) in [5.74, 6) is 0.694. The van der Waals surface area contributed by atoms with Gasteiger partial charge in [0, 0.05) is 18.3 Å². The van der Waals surface area contributed by atoms with Crippen LogP contribution in [0, 0.1) is 11.8 Å². The van der Waals surface area contributed by atoms with Gasteiger partial charge in [-0.25, -0.2) is 0 Å². The van der Waals surface area contributed by atoms with Gasteiger partial charge in [0.25, 0.3) is 0 Å². The molecule has 4 heteroatoms. The van der Waals surface area contributed by atoms with Gasteiger partial charge in [-0.05, 0) is 37.6 Å². The van der Waals surface area contributed by atoms with Crippen LogP contribution in [0.1, 0.15) is 25.5 Å². The van der Waals surface area contributed by atoms with E-state index in [1.165, 1.54) is 0 Å². The summed E-state index contributed by atoms with van der Waals surface area (Å²) in [6.07, 6.45) is 3.53. The highest BCUT2D eigenvalue weighted by Gasteiger charge is 2.29. The number of hydrogen-bond donors (Lipinski definition) is 2. The van der Waals surface area contributed by atoms with Crippen molar-refractivity contribution in [2.45, 2.75) is 19.9 Å². The second-order valence-electron chi connectivity index (χ2n) is 4.72. The Morgan fingerprint density at radius 3 is 2.82 bits per heavy atom. The zero-order chi connectivity index (χ0) is 12.3. The summed E-state index contributed by atoms with van der Waals surface area (Å²) in [6.45, 7) is 5.89. The van der Waals surface area contributed by atoms with Gasteiger partial charge in [0.2, 0.25) is 5.91 Å². The largest absolute Gasteiger partial charge is 0.349 e. The molecule has 1 aliphatic rings. The molecule has 2 rings (SSSR count). The summed E-state index contributed by atoms with van der Waals surface area (Å²) in [7, 11) is 0. The van der Waals surface area contributed by atoms with E-state index in [0.717, 1.165) is 18.7 Å². The van der Waals surface area contributed by atoms with E-state index in [-0.39, 0.29) is 17.9 Å². The molecule has 0 spiro atoms. The second kappa shape index (κ2) is 5.27. The summed E-state index contributed by atoms with van der Waals surface area (Å²) >= 11 is 0. The van der Waals surface area contributed by atoms with E-state index in [9.17, 15) is 4.79 Å². The van der Waals surface area contributed by atoms with E-state index in [2.05, 4.69) is 15.6 Å². The minimum absolute atomic E-state index is 0.0201. The molecule has 0 radical (unpaired) electrons. The third kappa shape index (κ3) is 2.82. The Bertz CT molecular complexity index is 376. The predicted octanol–water partition coefficient (Wildman–Crippen LogP) is 1.11. The monoisotopic (exact) mass is 233 g/mol. The van der Waals surface area contributed by atoms with Crippen molar-refractivity contribution in [1.82, 2.24) is 15.6 Å². The van der Waals surface area contributed by atoms with Crippen LogP contribution in [0.2, 0.25) is 0 Å². The van der Waals surface area contributed by atoms with Gasteiger partial charge in [-0.15, -0.1) is 0 Å². The molecule has 4 nitrogen and oxygen atoms in total. The Morgan fingerprint density at radius 1 is 1.53 bits per heavy atom. The summed E-state index contributed by atoms with van der Waals surface area (Å²) in [6, 6.07) is 3.89. The van der Waals surface area contributed by atoms with Crippen LogP contribution in [-0.4, -0.2) is 24.0 Å². The Hall–Kier alpha value is -1.42. The molecular formula is C13H19N3O. The van der Waals surface area contributed by atoms with Crippen molar-refractivity contribution in [3.05, 3.63) is 30.1 Å². The molecule has 1 unspecified atom stereocenters. The first-order valence-electron chi connectivity index (χ1n) is 6.09. The van der Waals surface area contributed by atoms with Gasteiger partial charge in [-0.3, -0.25) is 9.78 Å². The Labute approximate surface area is 102 Å². The molecule has 2 atom stereocenters. The van der Waals surface area contributed by atoms with E-state index < -0.39 is 0 Å². The molecule has 1 saturated heterocycles. The SMILES string of the molecule is CC(C(=O)N[C@@H](C)c1cccnc1)C1CNC1. The molecule has 0 aromatic carbocycles. The first-order chi connectivity index (χ1) is 8.18. The number of carbonyl (C=O) groups is 1. The van der Waals surface area contributed by atoms with Crippen LogP contribution in [0.25, 0.3) is 0 Å². The zero-order valence-electron chi connectivity index (χ0n) is 10.3. The lowest BCUT2D eigenvalue weighted by atomic mass is 9.88. The average Bonchev–Trinajstić information content (AvgIpc) is 2.27. The lowest BCUT2D eigenvalue weighted by Crippen LogP contribution is -2.49. The second-order valence-corrected chi connectivity index (χ2v) is 4.72. The molecule has 17 heavy (non-hydrogen) atoms. The first-order valence-corrected chi connectivity index (χ1v) is 6.09. The van der Waals surface area contributed by atoms with Gasteiger partial charge in [0.1, 0.15) is 0 Å². The first kappa shape index (κ1) is 12.0.